The molecule has 0 radical (unpaired) electrons. The van der Waals surface area contributed by atoms with Gasteiger partial charge in [-0.05, 0) is 42.9 Å². The minimum atomic E-state index is 0.0300. The lowest BCUT2D eigenvalue weighted by molar-refractivity contribution is 0.0787. The summed E-state index contributed by atoms with van der Waals surface area (Å²) in [6, 6.07) is 5.73. The van der Waals surface area contributed by atoms with E-state index in [1.165, 1.54) is 6.42 Å². The van der Waals surface area contributed by atoms with Crippen molar-refractivity contribution in [3.05, 3.63) is 34.9 Å². The zero-order valence-electron chi connectivity index (χ0n) is 13.0. The topological polar surface area (TPSA) is 40.5 Å². The molecule has 1 aromatic carbocycles. The number of amides is 1. The fourth-order valence-electron chi connectivity index (χ4n) is 2.46. The van der Waals surface area contributed by atoms with Crippen LogP contribution in [0.25, 0.3) is 0 Å². The van der Waals surface area contributed by atoms with E-state index in [-0.39, 0.29) is 12.5 Å². The fourth-order valence-corrected chi connectivity index (χ4v) is 2.46. The highest BCUT2D eigenvalue weighted by Crippen LogP contribution is 2.38. The molecule has 3 heteroatoms. The monoisotopic (exact) mass is 285 g/mol. The maximum absolute atomic E-state index is 12.6. The highest BCUT2D eigenvalue weighted by atomic mass is 16.2. The molecule has 0 bridgehead atoms. The van der Waals surface area contributed by atoms with Gasteiger partial charge in [0.15, 0.2) is 0 Å². The average molecular weight is 285 g/mol. The van der Waals surface area contributed by atoms with Crippen molar-refractivity contribution >= 4 is 5.91 Å². The second-order valence-electron chi connectivity index (χ2n) is 5.98. The number of carbonyl (C=O) groups is 1. The Hall–Kier alpha value is -1.79. The van der Waals surface area contributed by atoms with E-state index < -0.39 is 0 Å². The third-order valence-corrected chi connectivity index (χ3v) is 4.00. The number of carbonyl (C=O) groups excluding carboxylic acids is 1. The molecule has 1 saturated carbocycles. The Morgan fingerprint density at radius 1 is 1.48 bits per heavy atom. The molecular formula is C18H23NO2. The summed E-state index contributed by atoms with van der Waals surface area (Å²) in [5.41, 5.74) is 2.49. The van der Waals surface area contributed by atoms with Crippen LogP contribution in [0.15, 0.2) is 18.2 Å². The number of aryl methyl sites for hydroxylation is 1. The number of rotatable bonds is 4. The van der Waals surface area contributed by atoms with Crippen molar-refractivity contribution < 1.29 is 9.90 Å². The van der Waals surface area contributed by atoms with Gasteiger partial charge in [0.25, 0.3) is 5.91 Å². The zero-order valence-corrected chi connectivity index (χ0v) is 13.0. The molecule has 1 N–H and O–H groups in total. The largest absolute Gasteiger partial charge is 0.395 e. The van der Waals surface area contributed by atoms with Gasteiger partial charge in [-0.3, -0.25) is 4.79 Å². The molecule has 2 atom stereocenters. The Labute approximate surface area is 127 Å². The van der Waals surface area contributed by atoms with E-state index in [1.807, 2.05) is 32.2 Å². The third kappa shape index (κ3) is 4.09. The van der Waals surface area contributed by atoms with Crippen molar-refractivity contribution in [3.8, 4) is 11.8 Å². The van der Waals surface area contributed by atoms with Crippen molar-refractivity contribution in [2.75, 3.05) is 20.2 Å². The second-order valence-corrected chi connectivity index (χ2v) is 5.98. The van der Waals surface area contributed by atoms with Crippen LogP contribution in [0, 0.1) is 30.6 Å². The van der Waals surface area contributed by atoms with Crippen LogP contribution in [-0.4, -0.2) is 36.1 Å². The standard InChI is InChI=1S/C18H23NO2/c1-13-7-8-17(15(10-13)6-4-5-9-20)18(21)19(3)12-16-11-14(16)2/h7-8,10,14,16,20H,5,9,11-12H2,1-3H3. The third-order valence-electron chi connectivity index (χ3n) is 4.00. The van der Waals surface area contributed by atoms with Gasteiger partial charge in [-0.15, -0.1) is 0 Å². The molecule has 0 saturated heterocycles. The molecule has 1 aromatic rings. The van der Waals surface area contributed by atoms with Gasteiger partial charge in [-0.25, -0.2) is 0 Å². The summed E-state index contributed by atoms with van der Waals surface area (Å²) >= 11 is 0. The summed E-state index contributed by atoms with van der Waals surface area (Å²) in [6.45, 7) is 5.07. The molecule has 2 rings (SSSR count). The van der Waals surface area contributed by atoms with Crippen LogP contribution >= 0.6 is 0 Å². The number of aliphatic hydroxyl groups is 1. The molecule has 2 unspecified atom stereocenters. The van der Waals surface area contributed by atoms with Gasteiger partial charge in [0.2, 0.25) is 0 Å². The predicted octanol–water partition coefficient (Wildman–Crippen LogP) is 2.46. The average Bonchev–Trinajstić information content (AvgIpc) is 3.14. The van der Waals surface area contributed by atoms with Gasteiger partial charge in [0.05, 0.1) is 12.2 Å². The quantitative estimate of drug-likeness (QED) is 0.863. The van der Waals surface area contributed by atoms with Crippen LogP contribution in [0.4, 0.5) is 0 Å². The van der Waals surface area contributed by atoms with Crippen molar-refractivity contribution in [1.29, 1.82) is 0 Å². The van der Waals surface area contributed by atoms with E-state index in [9.17, 15) is 4.79 Å². The molecule has 1 aliphatic rings. The minimum absolute atomic E-state index is 0.0300. The zero-order chi connectivity index (χ0) is 15.4. The molecule has 0 heterocycles. The number of hydrogen-bond donors (Lipinski definition) is 1. The maximum atomic E-state index is 12.6. The summed E-state index contributed by atoms with van der Waals surface area (Å²) in [6.07, 6.45) is 1.64. The molecule has 21 heavy (non-hydrogen) atoms. The van der Waals surface area contributed by atoms with Crippen LogP contribution in [0.3, 0.4) is 0 Å². The molecule has 112 valence electrons. The van der Waals surface area contributed by atoms with E-state index in [2.05, 4.69) is 18.8 Å². The summed E-state index contributed by atoms with van der Waals surface area (Å²) in [4.78, 5) is 14.4. The van der Waals surface area contributed by atoms with Gasteiger partial charge >= 0.3 is 0 Å². The number of nitrogens with zero attached hydrogens (tertiary/aromatic N) is 1. The summed E-state index contributed by atoms with van der Waals surface area (Å²) in [7, 11) is 1.86. The second kappa shape index (κ2) is 6.78. The lowest BCUT2D eigenvalue weighted by Crippen LogP contribution is -2.29. The smallest absolute Gasteiger partial charge is 0.254 e. The van der Waals surface area contributed by atoms with Gasteiger partial charge in [-0.2, -0.15) is 0 Å². The maximum Gasteiger partial charge on any atom is 0.254 e. The lowest BCUT2D eigenvalue weighted by atomic mass is 10.0. The molecule has 0 aliphatic heterocycles. The lowest BCUT2D eigenvalue weighted by Gasteiger charge is -2.18. The van der Waals surface area contributed by atoms with Gasteiger partial charge in [0.1, 0.15) is 0 Å². The van der Waals surface area contributed by atoms with Crippen LogP contribution in [0.5, 0.6) is 0 Å². The highest BCUT2D eigenvalue weighted by Gasteiger charge is 2.34. The van der Waals surface area contributed by atoms with Gasteiger partial charge in [-0.1, -0.05) is 24.8 Å². The van der Waals surface area contributed by atoms with Crippen molar-refractivity contribution in [1.82, 2.24) is 4.90 Å². The van der Waals surface area contributed by atoms with E-state index >= 15 is 0 Å². The first-order valence-corrected chi connectivity index (χ1v) is 7.48. The van der Waals surface area contributed by atoms with Crippen LogP contribution < -0.4 is 0 Å². The number of hydrogen-bond acceptors (Lipinski definition) is 2. The van der Waals surface area contributed by atoms with Crippen LogP contribution in [-0.2, 0) is 0 Å². The van der Waals surface area contributed by atoms with E-state index in [4.69, 9.17) is 5.11 Å². The number of benzene rings is 1. The first kappa shape index (κ1) is 15.6. The normalized spacial score (nSPS) is 19.6. The molecule has 3 nitrogen and oxygen atoms in total. The summed E-state index contributed by atoms with van der Waals surface area (Å²) < 4.78 is 0. The molecule has 0 aromatic heterocycles. The Kier molecular flexibility index (Phi) is 5.03. The van der Waals surface area contributed by atoms with Crippen molar-refractivity contribution in [2.24, 2.45) is 11.8 Å². The van der Waals surface area contributed by atoms with Crippen molar-refractivity contribution in [2.45, 2.75) is 26.7 Å². The van der Waals surface area contributed by atoms with E-state index in [0.717, 1.165) is 23.6 Å². The Morgan fingerprint density at radius 2 is 2.19 bits per heavy atom. The van der Waals surface area contributed by atoms with Gasteiger partial charge < -0.3 is 10.0 Å². The first-order valence-electron chi connectivity index (χ1n) is 7.48. The summed E-state index contributed by atoms with van der Waals surface area (Å²) in [5.74, 6) is 7.33. The predicted molar refractivity (Wildman–Crippen MR) is 84.0 cm³/mol. The van der Waals surface area contributed by atoms with Crippen LogP contribution in [0.2, 0.25) is 0 Å². The molecule has 0 spiro atoms. The number of aliphatic hydroxyl groups excluding tert-OH is 1. The molecule has 1 aliphatic carbocycles. The van der Waals surface area contributed by atoms with Gasteiger partial charge in [0, 0.05) is 25.6 Å². The minimum Gasteiger partial charge on any atom is -0.395 e. The van der Waals surface area contributed by atoms with Crippen LogP contribution in [0.1, 0.15) is 41.3 Å². The first-order chi connectivity index (χ1) is 10.0. The van der Waals surface area contributed by atoms with E-state index in [0.29, 0.717) is 17.9 Å². The van der Waals surface area contributed by atoms with E-state index in [1.54, 1.807) is 4.90 Å². The Balaban J connectivity index is 2.17. The summed E-state index contributed by atoms with van der Waals surface area (Å²) in [5, 5.41) is 8.82. The Morgan fingerprint density at radius 3 is 2.81 bits per heavy atom. The Bertz CT molecular complexity index is 583. The molecular weight excluding hydrogens is 262 g/mol. The molecule has 1 amide bonds. The molecule has 1 fully saturated rings. The SMILES string of the molecule is Cc1ccc(C(=O)N(C)CC2CC2C)c(C#CCCO)c1. The fraction of sp³-hybridized carbons (Fsp3) is 0.500. The van der Waals surface area contributed by atoms with Crippen molar-refractivity contribution in [3.63, 3.8) is 0 Å². The highest BCUT2D eigenvalue weighted by molar-refractivity contribution is 5.96.